The molecule has 2 unspecified atom stereocenters. The van der Waals surface area contributed by atoms with Gasteiger partial charge in [-0.05, 0) is 38.8 Å². The van der Waals surface area contributed by atoms with Gasteiger partial charge in [0.2, 0.25) is 10.0 Å². The van der Waals surface area contributed by atoms with Crippen molar-refractivity contribution < 1.29 is 12.8 Å². The minimum absolute atomic E-state index is 0.0513. The molecule has 2 aliphatic rings. The van der Waals surface area contributed by atoms with Crippen LogP contribution in [-0.4, -0.2) is 28.5 Å². The molecule has 2 fully saturated rings. The van der Waals surface area contributed by atoms with Gasteiger partial charge in [0.05, 0.1) is 15.8 Å². The highest BCUT2D eigenvalue weighted by Crippen LogP contribution is 2.37. The lowest BCUT2D eigenvalue weighted by atomic mass is 10.3. The van der Waals surface area contributed by atoms with Gasteiger partial charge in [-0.2, -0.15) is 0 Å². The number of aryl methyl sites for hydroxylation is 1. The first-order valence-electron chi connectivity index (χ1n) is 8.22. The van der Waals surface area contributed by atoms with Crippen molar-refractivity contribution in [2.45, 2.75) is 48.0 Å². The summed E-state index contributed by atoms with van der Waals surface area (Å²) in [7, 11) is -2.41. The summed E-state index contributed by atoms with van der Waals surface area (Å²) in [5.41, 5.74) is 4.92. The van der Waals surface area contributed by atoms with E-state index in [1.807, 2.05) is 13.8 Å². The third kappa shape index (κ3) is 2.87. The van der Waals surface area contributed by atoms with Crippen LogP contribution in [0.25, 0.3) is 11.0 Å². The quantitative estimate of drug-likeness (QED) is 0.706. The Balaban J connectivity index is 1.89. The third-order valence-corrected chi connectivity index (χ3v) is 7.50. The second kappa shape index (κ2) is 5.80. The second-order valence-electron chi connectivity index (χ2n) is 7.07. The van der Waals surface area contributed by atoms with Crippen molar-refractivity contribution in [3.05, 3.63) is 28.4 Å². The van der Waals surface area contributed by atoms with E-state index in [0.29, 0.717) is 0 Å². The van der Waals surface area contributed by atoms with Gasteiger partial charge in [0.25, 0.3) is 0 Å². The Morgan fingerprint density at radius 2 is 2.04 bits per heavy atom. The fraction of sp³-hybridized carbons (Fsp3) is 0.533. The largest absolute Gasteiger partial charge is 0.330 e. The van der Waals surface area contributed by atoms with Gasteiger partial charge in [-0.25, -0.2) is 33.2 Å². The Hall–Kier alpha value is -1.40. The van der Waals surface area contributed by atoms with Crippen LogP contribution < -0.4 is 21.3 Å². The van der Waals surface area contributed by atoms with Gasteiger partial charge in [0.15, 0.2) is 5.50 Å². The molecule has 1 saturated heterocycles. The number of fused-ring (bicyclic) bond motifs is 1. The second-order valence-corrected chi connectivity index (χ2v) is 10.2. The molecule has 3 N–H and O–H groups in total. The molecule has 1 aliphatic heterocycles. The molecule has 11 heteroatoms. The fourth-order valence-corrected chi connectivity index (χ4v) is 5.55. The fourth-order valence-electron chi connectivity index (χ4n) is 3.07. The van der Waals surface area contributed by atoms with Crippen LogP contribution >= 0.6 is 11.8 Å². The Bertz CT molecular complexity index is 1060. The average molecular weight is 401 g/mol. The summed E-state index contributed by atoms with van der Waals surface area (Å²) in [4.78, 5) is 12.5. The molecule has 8 nitrogen and oxygen atoms in total. The maximum atomic E-state index is 14.7. The summed E-state index contributed by atoms with van der Waals surface area (Å²) in [5, 5.41) is 0.0513. The Kier molecular flexibility index (Phi) is 4.01. The van der Waals surface area contributed by atoms with Crippen molar-refractivity contribution in [2.24, 2.45) is 7.05 Å². The van der Waals surface area contributed by atoms with E-state index in [1.54, 1.807) is 0 Å². The Labute approximate surface area is 154 Å². The summed E-state index contributed by atoms with van der Waals surface area (Å²) in [5.74, 6) is -0.744. The predicted molar refractivity (Wildman–Crippen MR) is 97.5 cm³/mol. The number of hydrogen-bond donors (Lipinski definition) is 3. The molecule has 0 bridgehead atoms. The molecule has 1 aromatic carbocycles. The minimum atomic E-state index is -3.88. The van der Waals surface area contributed by atoms with E-state index in [2.05, 4.69) is 15.6 Å². The molecule has 142 valence electrons. The summed E-state index contributed by atoms with van der Waals surface area (Å²) in [6, 6.07) is 2.33. The highest BCUT2D eigenvalue weighted by Gasteiger charge is 2.41. The highest BCUT2D eigenvalue weighted by molar-refractivity contribution is 8.00. The number of hydrogen-bond acceptors (Lipinski definition) is 6. The first-order valence-corrected chi connectivity index (χ1v) is 10.6. The van der Waals surface area contributed by atoms with Crippen LogP contribution in [0.5, 0.6) is 0 Å². The van der Waals surface area contributed by atoms with Gasteiger partial charge >= 0.3 is 5.69 Å². The van der Waals surface area contributed by atoms with E-state index in [1.165, 1.54) is 34.0 Å². The number of sulfonamides is 1. The molecule has 4 rings (SSSR count). The number of halogens is 1. The van der Waals surface area contributed by atoms with Crippen molar-refractivity contribution >= 4 is 32.8 Å². The van der Waals surface area contributed by atoms with E-state index in [9.17, 15) is 17.6 Å². The van der Waals surface area contributed by atoms with Gasteiger partial charge in [-0.3, -0.25) is 9.13 Å². The lowest BCUT2D eigenvalue weighted by Gasteiger charge is -2.14. The van der Waals surface area contributed by atoms with Crippen LogP contribution in [0.3, 0.4) is 0 Å². The molecule has 2 aromatic rings. The van der Waals surface area contributed by atoms with Crippen LogP contribution in [0.1, 0.15) is 32.2 Å². The van der Waals surface area contributed by atoms with Crippen LogP contribution in [-0.2, 0) is 17.1 Å². The molecule has 0 spiro atoms. The number of nitrogens with one attached hydrogen (secondary N) is 3. The van der Waals surface area contributed by atoms with E-state index >= 15 is 0 Å². The molecule has 0 amide bonds. The standard InChI is InChI=1S/C15H20FN5O3S2/c1-8-17-18-13(25-8)21-11-7-9(26(23,24)19-15(2)4-5-15)6-10(16)12(11)20(3)14(21)22/h6-8,13,17-19H,4-5H2,1-3H3. The molecule has 1 aromatic heterocycles. The van der Waals surface area contributed by atoms with Crippen molar-refractivity contribution in [2.75, 3.05) is 0 Å². The number of benzene rings is 1. The van der Waals surface area contributed by atoms with Crippen molar-refractivity contribution in [3.63, 3.8) is 0 Å². The number of hydrazine groups is 1. The zero-order chi connectivity index (χ0) is 18.9. The van der Waals surface area contributed by atoms with Gasteiger partial charge < -0.3 is 0 Å². The summed E-state index contributed by atoms with van der Waals surface area (Å²) in [6.07, 6.45) is 1.50. The first kappa shape index (κ1) is 18.0. The smallest absolute Gasteiger partial charge is 0.292 e. The topological polar surface area (TPSA) is 97.2 Å². The van der Waals surface area contributed by atoms with Crippen LogP contribution in [0.15, 0.2) is 21.8 Å². The molecule has 0 radical (unpaired) electrons. The van der Waals surface area contributed by atoms with E-state index in [0.717, 1.165) is 18.9 Å². The maximum absolute atomic E-state index is 14.7. The van der Waals surface area contributed by atoms with Crippen LogP contribution in [0.2, 0.25) is 0 Å². The van der Waals surface area contributed by atoms with Gasteiger partial charge in [0, 0.05) is 12.6 Å². The molecule has 1 aliphatic carbocycles. The zero-order valence-corrected chi connectivity index (χ0v) is 16.2. The van der Waals surface area contributed by atoms with Crippen LogP contribution in [0, 0.1) is 5.82 Å². The van der Waals surface area contributed by atoms with Gasteiger partial charge in [-0.15, -0.1) is 0 Å². The predicted octanol–water partition coefficient (Wildman–Crippen LogP) is 0.953. The van der Waals surface area contributed by atoms with Gasteiger partial charge in [-0.1, -0.05) is 11.8 Å². The summed E-state index contributed by atoms with van der Waals surface area (Å²) >= 11 is 1.44. The lowest BCUT2D eigenvalue weighted by Crippen LogP contribution is -2.35. The van der Waals surface area contributed by atoms with Crippen LogP contribution in [0.4, 0.5) is 4.39 Å². The van der Waals surface area contributed by atoms with E-state index in [4.69, 9.17) is 0 Å². The number of imidazole rings is 1. The summed E-state index contributed by atoms with van der Waals surface area (Å²) in [6.45, 7) is 3.73. The normalized spacial score (nSPS) is 25.1. The Morgan fingerprint density at radius 1 is 1.35 bits per heavy atom. The summed E-state index contributed by atoms with van der Waals surface area (Å²) < 4.78 is 45.2. The van der Waals surface area contributed by atoms with Crippen molar-refractivity contribution in [3.8, 4) is 0 Å². The average Bonchev–Trinajstić information content (AvgIpc) is 2.99. The molecule has 2 heterocycles. The minimum Gasteiger partial charge on any atom is -0.292 e. The number of thioether (sulfide) groups is 1. The molecular formula is C15H20FN5O3S2. The molecule has 1 saturated carbocycles. The number of rotatable bonds is 4. The van der Waals surface area contributed by atoms with Crippen molar-refractivity contribution in [1.29, 1.82) is 0 Å². The lowest BCUT2D eigenvalue weighted by molar-refractivity contribution is 0.479. The first-order chi connectivity index (χ1) is 12.1. The Morgan fingerprint density at radius 3 is 2.62 bits per heavy atom. The van der Waals surface area contributed by atoms with E-state index in [-0.39, 0.29) is 21.3 Å². The SMILES string of the molecule is CC1NNC(n2c(=O)n(C)c3c(F)cc(S(=O)(=O)NC4(C)CC4)cc32)S1. The third-order valence-electron chi connectivity index (χ3n) is 4.77. The molecule has 2 atom stereocenters. The number of aromatic nitrogens is 2. The monoisotopic (exact) mass is 401 g/mol. The van der Waals surface area contributed by atoms with Crippen molar-refractivity contribution in [1.82, 2.24) is 24.7 Å². The zero-order valence-electron chi connectivity index (χ0n) is 14.5. The molecular weight excluding hydrogens is 381 g/mol. The van der Waals surface area contributed by atoms with Gasteiger partial charge in [0.1, 0.15) is 11.3 Å². The number of nitrogens with zero attached hydrogens (tertiary/aromatic N) is 2. The highest BCUT2D eigenvalue weighted by atomic mass is 32.2. The molecule has 26 heavy (non-hydrogen) atoms. The maximum Gasteiger partial charge on any atom is 0.330 e. The van der Waals surface area contributed by atoms with E-state index < -0.39 is 32.6 Å².